The molecule has 1 N–H and O–H groups in total. The first-order valence-corrected chi connectivity index (χ1v) is 8.32. The van der Waals surface area contributed by atoms with E-state index in [4.69, 9.17) is 0 Å². The van der Waals surface area contributed by atoms with Crippen LogP contribution >= 0.6 is 0 Å². The van der Waals surface area contributed by atoms with Crippen molar-refractivity contribution in [3.8, 4) is 11.4 Å². The minimum atomic E-state index is -2.74. The second-order valence-electron chi connectivity index (χ2n) is 5.97. The quantitative estimate of drug-likeness (QED) is 0.548. The van der Waals surface area contributed by atoms with Gasteiger partial charge in [-0.25, -0.2) is 28.7 Å². The van der Waals surface area contributed by atoms with Gasteiger partial charge < -0.3 is 5.32 Å². The minimum absolute atomic E-state index is 0.343. The first kappa shape index (κ1) is 17.0. The molecule has 0 amide bonds. The number of hydrogen-bond acceptors (Lipinski definition) is 5. The van der Waals surface area contributed by atoms with Crippen LogP contribution in [0.1, 0.15) is 17.9 Å². The number of aryl methyl sites for hydroxylation is 1. The van der Waals surface area contributed by atoms with Crippen molar-refractivity contribution in [3.05, 3.63) is 72.3 Å². The molecule has 4 rings (SSSR count). The van der Waals surface area contributed by atoms with Crippen molar-refractivity contribution in [2.45, 2.75) is 13.3 Å². The Bertz CT molecular complexity index is 1100. The Hall–Kier alpha value is -3.48. The number of nitrogens with zero attached hydrogens (tertiary/aromatic N) is 4. The van der Waals surface area contributed by atoms with Crippen LogP contribution in [0.15, 0.2) is 60.8 Å². The summed E-state index contributed by atoms with van der Waals surface area (Å²) in [6, 6.07) is 16.3. The lowest BCUT2D eigenvalue weighted by Crippen LogP contribution is -2.02. The number of halogens is 2. The molecule has 2 aromatic heterocycles. The molecule has 134 valence electrons. The van der Waals surface area contributed by atoms with Crippen molar-refractivity contribution < 1.29 is 8.78 Å². The third-order valence-corrected chi connectivity index (χ3v) is 4.02. The second-order valence-corrected chi connectivity index (χ2v) is 5.97. The lowest BCUT2D eigenvalue weighted by Gasteiger charge is -2.11. The molecular weight excluding hydrogens is 348 g/mol. The molecule has 0 saturated heterocycles. The molecule has 0 saturated carbocycles. The summed E-state index contributed by atoms with van der Waals surface area (Å²) in [4.78, 5) is 16.6. The van der Waals surface area contributed by atoms with E-state index in [-0.39, 0.29) is 0 Å². The van der Waals surface area contributed by atoms with Crippen molar-refractivity contribution in [1.29, 1.82) is 0 Å². The standard InChI is InChI=1S/C20H15F2N5/c1-12-10-11-23-18(24-12)13-6-8-14(9-7-13)25-19-15-4-2-3-5-16(15)26-20(27-19)17(21)22/h2-11,17H,1H3,(H,25,26,27). The zero-order valence-corrected chi connectivity index (χ0v) is 14.4. The van der Waals surface area contributed by atoms with Crippen molar-refractivity contribution >= 4 is 22.4 Å². The van der Waals surface area contributed by atoms with Gasteiger partial charge in [0, 0.05) is 28.5 Å². The van der Waals surface area contributed by atoms with Gasteiger partial charge in [-0.3, -0.25) is 0 Å². The maximum Gasteiger partial charge on any atom is 0.297 e. The number of nitrogens with one attached hydrogen (secondary N) is 1. The molecule has 0 radical (unpaired) electrons. The van der Waals surface area contributed by atoms with Gasteiger partial charge in [-0.05, 0) is 49.4 Å². The number of hydrogen-bond donors (Lipinski definition) is 1. The number of rotatable bonds is 4. The van der Waals surface area contributed by atoms with Gasteiger partial charge >= 0.3 is 0 Å². The van der Waals surface area contributed by atoms with E-state index >= 15 is 0 Å². The molecular formula is C20H15F2N5. The van der Waals surface area contributed by atoms with Crippen LogP contribution in [0.25, 0.3) is 22.3 Å². The third kappa shape index (κ3) is 3.57. The summed E-state index contributed by atoms with van der Waals surface area (Å²) >= 11 is 0. The van der Waals surface area contributed by atoms with E-state index in [1.54, 1.807) is 24.4 Å². The number of aromatic nitrogens is 4. The Kier molecular flexibility index (Phi) is 4.42. The highest BCUT2D eigenvalue weighted by atomic mass is 19.3. The van der Waals surface area contributed by atoms with Crippen molar-refractivity contribution in [2.75, 3.05) is 5.32 Å². The molecule has 5 nitrogen and oxygen atoms in total. The first-order chi connectivity index (χ1) is 13.1. The highest BCUT2D eigenvalue weighted by molar-refractivity contribution is 5.90. The zero-order valence-electron chi connectivity index (χ0n) is 14.4. The molecule has 7 heteroatoms. The number of para-hydroxylation sites is 1. The Morgan fingerprint density at radius 2 is 1.67 bits per heavy atom. The van der Waals surface area contributed by atoms with Crippen LogP contribution in [0.4, 0.5) is 20.3 Å². The second kappa shape index (κ2) is 7.03. The van der Waals surface area contributed by atoms with Gasteiger partial charge in [0.2, 0.25) is 0 Å². The normalized spacial score (nSPS) is 11.1. The van der Waals surface area contributed by atoms with Crippen LogP contribution < -0.4 is 5.32 Å². The maximum atomic E-state index is 13.1. The van der Waals surface area contributed by atoms with E-state index in [1.165, 1.54) is 0 Å². The monoisotopic (exact) mass is 363 g/mol. The van der Waals surface area contributed by atoms with E-state index in [0.717, 1.165) is 16.9 Å². The van der Waals surface area contributed by atoms with Gasteiger partial charge in [0.1, 0.15) is 5.82 Å². The van der Waals surface area contributed by atoms with Gasteiger partial charge in [0.25, 0.3) is 6.43 Å². The topological polar surface area (TPSA) is 63.6 Å². The average Bonchev–Trinajstić information content (AvgIpc) is 2.68. The van der Waals surface area contributed by atoms with Crippen LogP contribution in [-0.4, -0.2) is 19.9 Å². The van der Waals surface area contributed by atoms with Crippen LogP contribution in [0.5, 0.6) is 0 Å². The largest absolute Gasteiger partial charge is 0.340 e. The molecule has 2 heterocycles. The first-order valence-electron chi connectivity index (χ1n) is 8.32. The van der Waals surface area contributed by atoms with Crippen LogP contribution in [0, 0.1) is 6.92 Å². The Morgan fingerprint density at radius 1 is 0.889 bits per heavy atom. The van der Waals surface area contributed by atoms with E-state index < -0.39 is 12.2 Å². The predicted octanol–water partition coefficient (Wildman–Crippen LogP) is 5.08. The summed E-state index contributed by atoms with van der Waals surface area (Å²) in [5.41, 5.74) is 2.94. The Balaban J connectivity index is 1.68. The molecule has 0 bridgehead atoms. The van der Waals surface area contributed by atoms with Crippen LogP contribution in [-0.2, 0) is 0 Å². The highest BCUT2D eigenvalue weighted by Crippen LogP contribution is 2.27. The van der Waals surface area contributed by atoms with E-state index in [0.29, 0.717) is 22.5 Å². The summed E-state index contributed by atoms with van der Waals surface area (Å²) < 4.78 is 26.2. The molecule has 0 fully saturated rings. The van der Waals surface area contributed by atoms with Crippen molar-refractivity contribution in [2.24, 2.45) is 0 Å². The minimum Gasteiger partial charge on any atom is -0.340 e. The number of benzene rings is 2. The number of alkyl halides is 2. The van der Waals surface area contributed by atoms with Crippen molar-refractivity contribution in [1.82, 2.24) is 19.9 Å². The lowest BCUT2D eigenvalue weighted by molar-refractivity contribution is 0.141. The average molecular weight is 363 g/mol. The molecule has 0 unspecified atom stereocenters. The fourth-order valence-electron chi connectivity index (χ4n) is 2.71. The third-order valence-electron chi connectivity index (χ3n) is 4.02. The smallest absolute Gasteiger partial charge is 0.297 e. The SMILES string of the molecule is Cc1ccnc(-c2ccc(Nc3nc(C(F)F)nc4ccccc34)cc2)n1. The van der Waals surface area contributed by atoms with Gasteiger partial charge in [-0.2, -0.15) is 0 Å². The maximum absolute atomic E-state index is 13.1. The summed E-state index contributed by atoms with van der Waals surface area (Å²) in [5.74, 6) is 0.477. The Morgan fingerprint density at radius 3 is 2.41 bits per heavy atom. The summed E-state index contributed by atoms with van der Waals surface area (Å²) in [7, 11) is 0. The molecule has 27 heavy (non-hydrogen) atoms. The van der Waals surface area contributed by atoms with Gasteiger partial charge in [0.05, 0.1) is 5.52 Å². The van der Waals surface area contributed by atoms with Crippen LogP contribution in [0.2, 0.25) is 0 Å². The number of fused-ring (bicyclic) bond motifs is 1. The van der Waals surface area contributed by atoms with E-state index in [2.05, 4.69) is 25.3 Å². The number of anilines is 2. The molecule has 4 aromatic rings. The van der Waals surface area contributed by atoms with Crippen LogP contribution in [0.3, 0.4) is 0 Å². The van der Waals surface area contributed by atoms with Gasteiger partial charge in [-0.1, -0.05) is 12.1 Å². The van der Waals surface area contributed by atoms with Gasteiger partial charge in [0.15, 0.2) is 11.6 Å². The molecule has 2 aromatic carbocycles. The molecule has 0 aliphatic heterocycles. The highest BCUT2D eigenvalue weighted by Gasteiger charge is 2.15. The predicted molar refractivity (Wildman–Crippen MR) is 100.0 cm³/mol. The lowest BCUT2D eigenvalue weighted by atomic mass is 10.2. The Labute approximate surface area is 154 Å². The molecule has 0 aliphatic rings. The fourth-order valence-corrected chi connectivity index (χ4v) is 2.71. The fraction of sp³-hybridized carbons (Fsp3) is 0.100. The van der Waals surface area contributed by atoms with Gasteiger partial charge in [-0.15, -0.1) is 0 Å². The summed E-state index contributed by atoms with van der Waals surface area (Å²) in [6.45, 7) is 1.90. The summed E-state index contributed by atoms with van der Waals surface area (Å²) in [6.07, 6.45) is -1.03. The molecule has 0 spiro atoms. The molecule has 0 aliphatic carbocycles. The summed E-state index contributed by atoms with van der Waals surface area (Å²) in [5, 5.41) is 3.78. The molecule has 0 atom stereocenters. The zero-order chi connectivity index (χ0) is 18.8. The van der Waals surface area contributed by atoms with E-state index in [9.17, 15) is 8.78 Å². The van der Waals surface area contributed by atoms with Crippen molar-refractivity contribution in [3.63, 3.8) is 0 Å². The van der Waals surface area contributed by atoms with E-state index in [1.807, 2.05) is 43.3 Å².